The minimum atomic E-state index is -1.70. The number of benzene rings is 1. The summed E-state index contributed by atoms with van der Waals surface area (Å²) in [5.41, 5.74) is 5.68. The second kappa shape index (κ2) is 7.66. The molecular formula is C22H18FN5O3. The zero-order valence-electron chi connectivity index (χ0n) is 16.5. The highest BCUT2D eigenvalue weighted by Gasteiger charge is 2.42. The van der Waals surface area contributed by atoms with Crippen LogP contribution >= 0.6 is 0 Å². The third kappa shape index (κ3) is 4.01. The smallest absolute Gasteiger partial charge is 0.267 e. The van der Waals surface area contributed by atoms with Crippen molar-refractivity contribution in [3.63, 3.8) is 0 Å². The van der Waals surface area contributed by atoms with E-state index in [9.17, 15) is 19.1 Å². The molecule has 1 aliphatic heterocycles. The van der Waals surface area contributed by atoms with Crippen molar-refractivity contribution >= 4 is 11.8 Å². The number of likely N-dealkylation sites (tertiary alicyclic amines) is 1. The lowest BCUT2D eigenvalue weighted by Crippen LogP contribution is -2.37. The summed E-state index contributed by atoms with van der Waals surface area (Å²) in [5, 5.41) is 14.4. The number of nitrogens with two attached hydrogens (primary N) is 1. The number of nitrogens with zero attached hydrogens (tertiary/aromatic N) is 4. The van der Waals surface area contributed by atoms with Crippen LogP contribution < -0.4 is 5.73 Å². The van der Waals surface area contributed by atoms with Gasteiger partial charge in [-0.25, -0.2) is 14.1 Å². The lowest BCUT2D eigenvalue weighted by Gasteiger charge is -2.13. The molecule has 0 spiro atoms. The predicted octanol–water partition coefficient (Wildman–Crippen LogP) is 1.12. The van der Waals surface area contributed by atoms with Crippen LogP contribution in [0.4, 0.5) is 4.39 Å². The summed E-state index contributed by atoms with van der Waals surface area (Å²) < 4.78 is 14.7. The molecule has 0 radical (unpaired) electrons. The van der Waals surface area contributed by atoms with E-state index in [1.54, 1.807) is 37.4 Å². The van der Waals surface area contributed by atoms with E-state index in [1.807, 2.05) is 0 Å². The standard InChI is InChI=1S/C22H18FN5O3/c1-27-8-7-22(31,21(27)30)6-5-14-3-2-4-15(9-14)18-10-17(11-19(26-18)20(24)29)28-13-16(23)12-25-28/h2-4,9-13,31H,7-8H2,1H3,(H2,24,29)/t22-/m0/s1. The lowest BCUT2D eigenvalue weighted by atomic mass is 10.0. The molecule has 31 heavy (non-hydrogen) atoms. The third-order valence-corrected chi connectivity index (χ3v) is 4.96. The molecule has 0 unspecified atom stereocenters. The molecule has 1 aromatic carbocycles. The van der Waals surface area contributed by atoms with Gasteiger partial charge in [0.2, 0.25) is 5.60 Å². The second-order valence-corrected chi connectivity index (χ2v) is 7.23. The number of likely N-dealkylation sites (N-methyl/N-ethyl adjacent to an activating group) is 1. The summed E-state index contributed by atoms with van der Waals surface area (Å²) in [6, 6.07) is 9.98. The van der Waals surface area contributed by atoms with Crippen molar-refractivity contribution in [2.75, 3.05) is 13.6 Å². The Morgan fingerprint density at radius 1 is 1.32 bits per heavy atom. The summed E-state index contributed by atoms with van der Waals surface area (Å²) in [6.07, 6.45) is 2.45. The molecule has 3 N–H and O–H groups in total. The third-order valence-electron chi connectivity index (χ3n) is 4.96. The van der Waals surface area contributed by atoms with Crippen LogP contribution in [0.3, 0.4) is 0 Å². The van der Waals surface area contributed by atoms with Crippen LogP contribution in [0, 0.1) is 17.7 Å². The summed E-state index contributed by atoms with van der Waals surface area (Å²) in [6.45, 7) is 0.435. The van der Waals surface area contributed by atoms with Crippen molar-refractivity contribution in [3.05, 3.63) is 65.9 Å². The maximum Gasteiger partial charge on any atom is 0.267 e. The fraction of sp³-hybridized carbons (Fsp3) is 0.182. The van der Waals surface area contributed by atoms with Gasteiger partial charge in [-0.05, 0) is 24.3 Å². The van der Waals surface area contributed by atoms with Crippen molar-refractivity contribution in [2.45, 2.75) is 12.0 Å². The Hall–Kier alpha value is -4.03. The van der Waals surface area contributed by atoms with Gasteiger partial charge >= 0.3 is 0 Å². The van der Waals surface area contributed by atoms with Crippen LogP contribution in [0.15, 0.2) is 48.8 Å². The average molecular weight is 419 g/mol. The highest BCUT2D eigenvalue weighted by atomic mass is 19.1. The van der Waals surface area contributed by atoms with Gasteiger partial charge in [-0.1, -0.05) is 24.0 Å². The molecule has 156 valence electrons. The van der Waals surface area contributed by atoms with Crippen molar-refractivity contribution in [1.82, 2.24) is 19.7 Å². The first kappa shape index (κ1) is 20.3. The van der Waals surface area contributed by atoms with Gasteiger partial charge in [0, 0.05) is 31.1 Å². The van der Waals surface area contributed by atoms with Crippen LogP contribution in [0.2, 0.25) is 0 Å². The molecule has 3 aromatic rings. The number of carbonyl (C=O) groups is 2. The molecule has 2 aromatic heterocycles. The van der Waals surface area contributed by atoms with Crippen LogP contribution in [-0.2, 0) is 4.79 Å². The maximum atomic E-state index is 13.4. The fourth-order valence-corrected chi connectivity index (χ4v) is 3.27. The number of primary amides is 1. The monoisotopic (exact) mass is 419 g/mol. The van der Waals surface area contributed by atoms with Gasteiger partial charge in [-0.3, -0.25) is 9.59 Å². The normalized spacial score (nSPS) is 18.0. The molecule has 1 atom stereocenters. The Bertz CT molecular complexity index is 1260. The van der Waals surface area contributed by atoms with Crippen LogP contribution in [0.25, 0.3) is 16.9 Å². The van der Waals surface area contributed by atoms with Gasteiger partial charge in [0.25, 0.3) is 11.8 Å². The Labute approximate surface area is 177 Å². The molecule has 9 heteroatoms. The van der Waals surface area contributed by atoms with Gasteiger partial charge in [0.05, 0.1) is 23.8 Å². The van der Waals surface area contributed by atoms with Crippen molar-refractivity contribution < 1.29 is 19.1 Å². The maximum absolute atomic E-state index is 13.4. The number of aliphatic hydroxyl groups is 1. The molecule has 8 nitrogen and oxygen atoms in total. The first-order valence-corrected chi connectivity index (χ1v) is 9.39. The molecule has 1 fully saturated rings. The minimum Gasteiger partial charge on any atom is -0.369 e. The summed E-state index contributed by atoms with van der Waals surface area (Å²) in [5.74, 6) is 3.82. The first-order chi connectivity index (χ1) is 14.7. The number of carbonyl (C=O) groups excluding carboxylic acids is 2. The van der Waals surface area contributed by atoms with Gasteiger partial charge in [0.15, 0.2) is 5.82 Å². The van der Waals surface area contributed by atoms with E-state index in [0.29, 0.717) is 29.1 Å². The average Bonchev–Trinajstić information content (AvgIpc) is 3.31. The number of aromatic nitrogens is 3. The number of hydrogen-bond acceptors (Lipinski definition) is 5. The minimum absolute atomic E-state index is 0.00574. The summed E-state index contributed by atoms with van der Waals surface area (Å²) in [7, 11) is 1.61. The lowest BCUT2D eigenvalue weighted by molar-refractivity contribution is -0.137. The summed E-state index contributed by atoms with van der Waals surface area (Å²) >= 11 is 0. The number of amides is 2. The second-order valence-electron chi connectivity index (χ2n) is 7.23. The van der Waals surface area contributed by atoms with E-state index in [-0.39, 0.29) is 12.1 Å². The van der Waals surface area contributed by atoms with Gasteiger partial charge in [-0.15, -0.1) is 0 Å². The van der Waals surface area contributed by atoms with E-state index >= 15 is 0 Å². The quantitative estimate of drug-likeness (QED) is 0.618. The van der Waals surface area contributed by atoms with E-state index < -0.39 is 23.2 Å². The van der Waals surface area contributed by atoms with E-state index in [0.717, 1.165) is 6.20 Å². The molecule has 1 saturated heterocycles. The Kier molecular flexibility index (Phi) is 5.01. The Morgan fingerprint density at radius 2 is 2.13 bits per heavy atom. The number of rotatable bonds is 3. The molecule has 0 bridgehead atoms. The number of pyridine rings is 1. The molecule has 1 aliphatic rings. The van der Waals surface area contributed by atoms with E-state index in [1.165, 1.54) is 21.8 Å². The van der Waals surface area contributed by atoms with Crippen molar-refractivity contribution in [2.24, 2.45) is 5.73 Å². The van der Waals surface area contributed by atoms with Gasteiger partial charge in [0.1, 0.15) is 5.69 Å². The highest BCUT2D eigenvalue weighted by molar-refractivity contribution is 5.92. The fourth-order valence-electron chi connectivity index (χ4n) is 3.27. The molecule has 0 saturated carbocycles. The highest BCUT2D eigenvalue weighted by Crippen LogP contribution is 2.24. The van der Waals surface area contributed by atoms with E-state index in [2.05, 4.69) is 21.9 Å². The Morgan fingerprint density at radius 3 is 2.77 bits per heavy atom. The molecular weight excluding hydrogens is 401 g/mol. The first-order valence-electron chi connectivity index (χ1n) is 9.39. The zero-order chi connectivity index (χ0) is 22.2. The summed E-state index contributed by atoms with van der Waals surface area (Å²) in [4.78, 5) is 29.6. The molecule has 4 rings (SSSR count). The Balaban J connectivity index is 1.73. The predicted molar refractivity (Wildman–Crippen MR) is 109 cm³/mol. The van der Waals surface area contributed by atoms with Crippen LogP contribution in [-0.4, -0.2) is 55.8 Å². The van der Waals surface area contributed by atoms with Crippen molar-refractivity contribution in [1.29, 1.82) is 0 Å². The number of hydrogen-bond donors (Lipinski definition) is 2. The van der Waals surface area contributed by atoms with Gasteiger partial charge < -0.3 is 15.7 Å². The van der Waals surface area contributed by atoms with Crippen molar-refractivity contribution in [3.8, 4) is 28.8 Å². The van der Waals surface area contributed by atoms with E-state index in [4.69, 9.17) is 5.73 Å². The molecule has 2 amide bonds. The molecule has 3 heterocycles. The van der Waals surface area contributed by atoms with Crippen LogP contribution in [0.5, 0.6) is 0 Å². The van der Waals surface area contributed by atoms with Crippen LogP contribution in [0.1, 0.15) is 22.5 Å². The largest absolute Gasteiger partial charge is 0.369 e. The topological polar surface area (TPSA) is 114 Å². The molecule has 0 aliphatic carbocycles. The van der Waals surface area contributed by atoms with Gasteiger partial charge in [-0.2, -0.15) is 5.10 Å². The number of halogens is 1. The zero-order valence-corrected chi connectivity index (χ0v) is 16.5. The SMILES string of the molecule is CN1CC[C@@](O)(C#Cc2cccc(-c3cc(-n4cc(F)cn4)cc(C(N)=O)n3)c2)C1=O.